The van der Waals surface area contributed by atoms with Crippen LogP contribution in [0.3, 0.4) is 0 Å². The van der Waals surface area contributed by atoms with Gasteiger partial charge in [0.15, 0.2) is 0 Å². The highest BCUT2D eigenvalue weighted by atomic mass is 32.1. The van der Waals surface area contributed by atoms with Gasteiger partial charge in [-0.25, -0.2) is 4.79 Å². The molecule has 1 aromatic rings. The van der Waals surface area contributed by atoms with Crippen molar-refractivity contribution in [3.63, 3.8) is 0 Å². The lowest BCUT2D eigenvalue weighted by atomic mass is 9.49. The normalized spacial score (nSPS) is 33.1. The standard InChI is InChI=1S/C24H36N4O2S/c1-26(2)20(21-4-3-9-31-21)16-25-23(30)28-7-5-27(6-8-28)22(29)24-13-17-10-18(14-24)12-19(11-17)15-24/h3-4,9,17-20H,5-8,10-16H2,1-2H3,(H,25,30). The van der Waals surface area contributed by atoms with Crippen LogP contribution in [-0.4, -0.2) is 73.5 Å². The Bertz CT molecular complexity index is 765. The molecule has 0 spiro atoms. The summed E-state index contributed by atoms with van der Waals surface area (Å²) in [6.07, 6.45) is 7.44. The lowest BCUT2D eigenvalue weighted by molar-refractivity contribution is -0.159. The second kappa shape index (κ2) is 8.39. The van der Waals surface area contributed by atoms with E-state index in [1.54, 1.807) is 11.3 Å². The van der Waals surface area contributed by atoms with Crippen molar-refractivity contribution in [1.29, 1.82) is 0 Å². The molecule has 3 amide bonds. The average molecular weight is 445 g/mol. The van der Waals surface area contributed by atoms with Crippen LogP contribution in [-0.2, 0) is 4.79 Å². The number of carbonyl (C=O) groups excluding carboxylic acids is 2. The lowest BCUT2D eigenvalue weighted by Gasteiger charge is -2.57. The van der Waals surface area contributed by atoms with Crippen molar-refractivity contribution in [2.45, 2.75) is 44.6 Å². The maximum Gasteiger partial charge on any atom is 0.317 e. The third kappa shape index (κ3) is 4.11. The fraction of sp³-hybridized carbons (Fsp3) is 0.750. The van der Waals surface area contributed by atoms with Crippen LogP contribution >= 0.6 is 11.3 Å². The zero-order chi connectivity index (χ0) is 21.6. The van der Waals surface area contributed by atoms with Crippen LogP contribution in [0.2, 0.25) is 0 Å². The highest BCUT2D eigenvalue weighted by molar-refractivity contribution is 7.10. The van der Waals surface area contributed by atoms with Gasteiger partial charge in [0.2, 0.25) is 5.91 Å². The number of thiophene rings is 1. The molecular weight excluding hydrogens is 408 g/mol. The van der Waals surface area contributed by atoms with Crippen molar-refractivity contribution in [2.24, 2.45) is 23.2 Å². The molecule has 5 aliphatic rings. The molecule has 0 radical (unpaired) electrons. The maximum atomic E-state index is 13.6. The summed E-state index contributed by atoms with van der Waals surface area (Å²) in [5.41, 5.74) is -0.0706. The molecule has 170 valence electrons. The fourth-order valence-corrected chi connectivity index (χ4v) is 8.06. The van der Waals surface area contributed by atoms with Gasteiger partial charge in [-0.05, 0) is 81.8 Å². The number of hydrogen-bond donors (Lipinski definition) is 1. The third-order valence-corrected chi connectivity index (χ3v) is 9.26. The molecule has 4 aliphatic carbocycles. The number of amides is 3. The molecule has 2 heterocycles. The van der Waals surface area contributed by atoms with Gasteiger partial charge in [-0.2, -0.15) is 0 Å². The van der Waals surface area contributed by atoms with E-state index < -0.39 is 0 Å². The van der Waals surface area contributed by atoms with E-state index in [1.807, 2.05) is 19.0 Å². The molecule has 6 nitrogen and oxygen atoms in total. The second-order valence-corrected chi connectivity index (χ2v) is 11.6. The van der Waals surface area contributed by atoms with Crippen LogP contribution in [0.25, 0.3) is 0 Å². The number of rotatable bonds is 5. The van der Waals surface area contributed by atoms with Crippen molar-refractivity contribution in [2.75, 3.05) is 46.8 Å². The predicted octanol–water partition coefficient (Wildman–Crippen LogP) is 3.42. The van der Waals surface area contributed by atoms with Gasteiger partial charge in [-0.1, -0.05) is 6.07 Å². The van der Waals surface area contributed by atoms with Crippen molar-refractivity contribution >= 4 is 23.3 Å². The van der Waals surface area contributed by atoms with Crippen LogP contribution in [0.5, 0.6) is 0 Å². The summed E-state index contributed by atoms with van der Waals surface area (Å²) in [7, 11) is 4.09. The average Bonchev–Trinajstić information content (AvgIpc) is 3.26. The first-order valence-electron chi connectivity index (χ1n) is 12.0. The summed E-state index contributed by atoms with van der Waals surface area (Å²) in [5.74, 6) is 2.76. The Labute approximate surface area is 189 Å². The quantitative estimate of drug-likeness (QED) is 0.757. The highest BCUT2D eigenvalue weighted by Gasteiger charge is 2.55. The van der Waals surface area contributed by atoms with Crippen LogP contribution in [0, 0.1) is 23.2 Å². The molecule has 1 aliphatic heterocycles. The van der Waals surface area contributed by atoms with E-state index in [0.717, 1.165) is 37.0 Å². The van der Waals surface area contributed by atoms with Crippen molar-refractivity contribution in [3.8, 4) is 0 Å². The Balaban J connectivity index is 1.14. The maximum absolute atomic E-state index is 13.6. The molecule has 6 rings (SSSR count). The number of nitrogens with one attached hydrogen (secondary N) is 1. The SMILES string of the molecule is CN(C)C(CNC(=O)N1CCN(C(=O)C23CC4CC(CC(C4)C2)C3)CC1)c1cccs1. The minimum atomic E-state index is -0.0706. The molecule has 4 saturated carbocycles. The Kier molecular flexibility index (Phi) is 5.76. The van der Waals surface area contributed by atoms with E-state index in [-0.39, 0.29) is 17.5 Å². The largest absolute Gasteiger partial charge is 0.339 e. The van der Waals surface area contributed by atoms with E-state index in [9.17, 15) is 9.59 Å². The monoisotopic (exact) mass is 444 g/mol. The van der Waals surface area contributed by atoms with E-state index in [0.29, 0.717) is 38.6 Å². The Morgan fingerprint density at radius 2 is 1.65 bits per heavy atom. The van der Waals surface area contributed by atoms with Crippen LogP contribution < -0.4 is 5.32 Å². The summed E-state index contributed by atoms with van der Waals surface area (Å²) < 4.78 is 0. The van der Waals surface area contributed by atoms with Gasteiger partial charge in [-0.15, -0.1) is 11.3 Å². The molecular formula is C24H36N4O2S. The summed E-state index contributed by atoms with van der Waals surface area (Å²) >= 11 is 1.72. The van der Waals surface area contributed by atoms with Crippen LogP contribution in [0.1, 0.15) is 49.4 Å². The van der Waals surface area contributed by atoms with Gasteiger partial charge in [0, 0.05) is 37.6 Å². The molecule has 1 unspecified atom stereocenters. The smallest absolute Gasteiger partial charge is 0.317 e. The summed E-state index contributed by atoms with van der Waals surface area (Å²) in [6, 6.07) is 4.35. The minimum Gasteiger partial charge on any atom is -0.339 e. The topological polar surface area (TPSA) is 55.9 Å². The number of urea groups is 1. The molecule has 1 atom stereocenters. The third-order valence-electron chi connectivity index (χ3n) is 8.29. The summed E-state index contributed by atoms with van der Waals surface area (Å²) in [5, 5.41) is 5.20. The minimum absolute atomic E-state index is 0.00897. The molecule has 31 heavy (non-hydrogen) atoms. The first-order valence-corrected chi connectivity index (χ1v) is 12.8. The molecule has 1 saturated heterocycles. The Hall–Kier alpha value is -1.60. The van der Waals surface area contributed by atoms with Crippen LogP contribution in [0.15, 0.2) is 17.5 Å². The van der Waals surface area contributed by atoms with Crippen molar-refractivity contribution < 1.29 is 9.59 Å². The Morgan fingerprint density at radius 1 is 1.06 bits per heavy atom. The zero-order valence-electron chi connectivity index (χ0n) is 18.9. The van der Waals surface area contributed by atoms with Gasteiger partial charge in [0.05, 0.1) is 11.5 Å². The van der Waals surface area contributed by atoms with E-state index >= 15 is 0 Å². The van der Waals surface area contributed by atoms with Gasteiger partial charge < -0.3 is 20.0 Å². The van der Waals surface area contributed by atoms with E-state index in [2.05, 4.69) is 32.6 Å². The van der Waals surface area contributed by atoms with Crippen LogP contribution in [0.4, 0.5) is 4.79 Å². The number of hydrogen-bond acceptors (Lipinski definition) is 4. The fourth-order valence-electron chi connectivity index (χ4n) is 7.13. The first-order chi connectivity index (χ1) is 14.9. The predicted molar refractivity (Wildman–Crippen MR) is 123 cm³/mol. The van der Waals surface area contributed by atoms with E-state index in [4.69, 9.17) is 0 Å². The van der Waals surface area contributed by atoms with Crippen molar-refractivity contribution in [1.82, 2.24) is 20.0 Å². The number of carbonyl (C=O) groups is 2. The second-order valence-electron chi connectivity index (χ2n) is 10.7. The molecule has 1 N–H and O–H groups in total. The highest BCUT2D eigenvalue weighted by Crippen LogP contribution is 2.60. The molecule has 1 aromatic heterocycles. The number of nitrogens with zero attached hydrogens (tertiary/aromatic N) is 3. The Morgan fingerprint density at radius 3 is 2.16 bits per heavy atom. The summed E-state index contributed by atoms with van der Waals surface area (Å²) in [4.78, 5) is 33.7. The lowest BCUT2D eigenvalue weighted by Crippen LogP contribution is -2.59. The molecule has 7 heteroatoms. The first kappa shape index (κ1) is 21.3. The molecule has 0 aromatic carbocycles. The van der Waals surface area contributed by atoms with Gasteiger partial charge in [-0.3, -0.25) is 4.79 Å². The van der Waals surface area contributed by atoms with Gasteiger partial charge in [0.1, 0.15) is 0 Å². The molecule has 4 bridgehead atoms. The number of piperazine rings is 1. The molecule has 5 fully saturated rings. The van der Waals surface area contributed by atoms with Gasteiger partial charge >= 0.3 is 6.03 Å². The van der Waals surface area contributed by atoms with Gasteiger partial charge in [0.25, 0.3) is 0 Å². The zero-order valence-corrected chi connectivity index (χ0v) is 19.7. The number of likely N-dealkylation sites (N-methyl/N-ethyl adjacent to an activating group) is 1. The summed E-state index contributed by atoms with van der Waals surface area (Å²) in [6.45, 7) is 3.22. The van der Waals surface area contributed by atoms with Crippen molar-refractivity contribution in [3.05, 3.63) is 22.4 Å². The van der Waals surface area contributed by atoms with E-state index in [1.165, 1.54) is 24.1 Å².